The summed E-state index contributed by atoms with van der Waals surface area (Å²) in [5.74, 6) is 0. The van der Waals surface area contributed by atoms with Crippen molar-refractivity contribution in [2.45, 2.75) is 37.5 Å². The van der Waals surface area contributed by atoms with Crippen LogP contribution in [0, 0.1) is 0 Å². The molecule has 1 atom stereocenters. The summed E-state index contributed by atoms with van der Waals surface area (Å²) >= 11 is -1.84. The van der Waals surface area contributed by atoms with E-state index in [0.717, 1.165) is 6.42 Å². The van der Waals surface area contributed by atoms with E-state index in [9.17, 15) is 4.21 Å². The number of hydrogen-bond acceptors (Lipinski definition) is 1. The van der Waals surface area contributed by atoms with Gasteiger partial charge in [0.25, 0.3) is 0 Å². The minimum absolute atomic E-state index is 0.476. The standard InChI is InChI=1S/C11H16O2S/c1-2-3-4-5-10-6-8-11(9-7-10)14(12)13/h6-9H,2-5H2,1H3,(H,12,13). The van der Waals surface area contributed by atoms with E-state index in [0.29, 0.717) is 4.90 Å². The molecule has 0 heterocycles. The zero-order chi connectivity index (χ0) is 10.4. The van der Waals surface area contributed by atoms with Crippen LogP contribution in [0.3, 0.4) is 0 Å². The first kappa shape index (κ1) is 11.4. The Morgan fingerprint density at radius 3 is 2.36 bits per heavy atom. The van der Waals surface area contributed by atoms with Crippen LogP contribution in [-0.4, -0.2) is 8.76 Å². The molecule has 1 N–H and O–H groups in total. The zero-order valence-corrected chi connectivity index (χ0v) is 9.22. The van der Waals surface area contributed by atoms with Crippen molar-refractivity contribution in [3.8, 4) is 0 Å². The van der Waals surface area contributed by atoms with E-state index in [-0.39, 0.29) is 0 Å². The Bertz CT molecular complexity index is 293. The summed E-state index contributed by atoms with van der Waals surface area (Å²) in [7, 11) is 0. The summed E-state index contributed by atoms with van der Waals surface area (Å²) in [5.41, 5.74) is 1.24. The molecule has 1 unspecified atom stereocenters. The molecule has 78 valence electrons. The molecular formula is C11H16O2S. The van der Waals surface area contributed by atoms with Gasteiger partial charge in [-0.2, -0.15) is 0 Å². The van der Waals surface area contributed by atoms with Crippen LogP contribution < -0.4 is 0 Å². The normalized spacial score (nSPS) is 12.7. The molecule has 0 radical (unpaired) electrons. The third-order valence-electron chi connectivity index (χ3n) is 2.19. The monoisotopic (exact) mass is 212 g/mol. The van der Waals surface area contributed by atoms with E-state index < -0.39 is 11.1 Å². The number of rotatable bonds is 5. The van der Waals surface area contributed by atoms with E-state index in [1.54, 1.807) is 12.1 Å². The molecule has 0 aromatic heterocycles. The van der Waals surface area contributed by atoms with Gasteiger partial charge in [0, 0.05) is 0 Å². The lowest BCUT2D eigenvalue weighted by Crippen LogP contribution is -1.90. The third-order valence-corrected chi connectivity index (χ3v) is 2.87. The fourth-order valence-corrected chi connectivity index (χ4v) is 1.72. The lowest BCUT2D eigenvalue weighted by molar-refractivity contribution is 0.564. The maximum atomic E-state index is 10.7. The minimum atomic E-state index is -1.84. The summed E-state index contributed by atoms with van der Waals surface area (Å²) in [5, 5.41) is 0. The summed E-state index contributed by atoms with van der Waals surface area (Å²) in [6.45, 7) is 2.18. The van der Waals surface area contributed by atoms with Crippen molar-refractivity contribution >= 4 is 11.1 Å². The van der Waals surface area contributed by atoms with Gasteiger partial charge in [-0.25, -0.2) is 4.21 Å². The minimum Gasteiger partial charge on any atom is -0.302 e. The molecule has 2 nitrogen and oxygen atoms in total. The molecule has 1 aromatic carbocycles. The lowest BCUT2D eigenvalue weighted by Gasteiger charge is -2.01. The molecule has 0 bridgehead atoms. The smallest absolute Gasteiger partial charge is 0.186 e. The van der Waals surface area contributed by atoms with Gasteiger partial charge < -0.3 is 4.55 Å². The van der Waals surface area contributed by atoms with E-state index in [1.165, 1.54) is 24.8 Å². The van der Waals surface area contributed by atoms with Crippen LogP contribution in [0.5, 0.6) is 0 Å². The number of hydrogen-bond donors (Lipinski definition) is 1. The van der Waals surface area contributed by atoms with Crippen molar-refractivity contribution in [1.29, 1.82) is 0 Å². The number of benzene rings is 1. The van der Waals surface area contributed by atoms with E-state index >= 15 is 0 Å². The molecule has 14 heavy (non-hydrogen) atoms. The quantitative estimate of drug-likeness (QED) is 0.601. The average molecular weight is 212 g/mol. The van der Waals surface area contributed by atoms with Crippen LogP contribution in [0.4, 0.5) is 0 Å². The van der Waals surface area contributed by atoms with Crippen LogP contribution in [0.1, 0.15) is 31.7 Å². The molecule has 0 aliphatic heterocycles. The number of unbranched alkanes of at least 4 members (excludes halogenated alkanes) is 2. The summed E-state index contributed by atoms with van der Waals surface area (Å²) in [6.07, 6.45) is 4.72. The van der Waals surface area contributed by atoms with Crippen molar-refractivity contribution in [2.24, 2.45) is 0 Å². The van der Waals surface area contributed by atoms with E-state index in [1.807, 2.05) is 12.1 Å². The Kier molecular flexibility index (Phi) is 4.84. The SMILES string of the molecule is CCCCCc1ccc(S(=O)O)cc1. The Hall–Kier alpha value is -0.670. The summed E-state index contributed by atoms with van der Waals surface area (Å²) in [4.78, 5) is 0.476. The Morgan fingerprint density at radius 1 is 1.21 bits per heavy atom. The largest absolute Gasteiger partial charge is 0.302 e. The molecule has 0 aliphatic carbocycles. The fourth-order valence-electron chi connectivity index (χ4n) is 1.35. The van der Waals surface area contributed by atoms with Crippen molar-refractivity contribution < 1.29 is 8.76 Å². The lowest BCUT2D eigenvalue weighted by atomic mass is 10.1. The van der Waals surface area contributed by atoms with E-state index in [4.69, 9.17) is 4.55 Å². The summed E-state index contributed by atoms with van der Waals surface area (Å²) in [6, 6.07) is 7.30. The Balaban J connectivity index is 2.51. The molecule has 1 aromatic rings. The number of aryl methyl sites for hydroxylation is 1. The Morgan fingerprint density at radius 2 is 1.86 bits per heavy atom. The predicted molar refractivity (Wildman–Crippen MR) is 58.7 cm³/mol. The predicted octanol–water partition coefficient (Wildman–Crippen LogP) is 3.00. The van der Waals surface area contributed by atoms with Crippen molar-refractivity contribution in [3.05, 3.63) is 29.8 Å². The second-order valence-electron chi connectivity index (χ2n) is 3.35. The fraction of sp³-hybridized carbons (Fsp3) is 0.455. The first-order valence-corrected chi connectivity index (χ1v) is 6.04. The van der Waals surface area contributed by atoms with Crippen molar-refractivity contribution in [1.82, 2.24) is 0 Å². The van der Waals surface area contributed by atoms with Gasteiger partial charge in [0.05, 0.1) is 4.90 Å². The first-order valence-electron chi connectivity index (χ1n) is 4.94. The van der Waals surface area contributed by atoms with Gasteiger partial charge in [0.15, 0.2) is 11.1 Å². The van der Waals surface area contributed by atoms with Crippen molar-refractivity contribution in [2.75, 3.05) is 0 Å². The van der Waals surface area contributed by atoms with Gasteiger partial charge in [-0.05, 0) is 30.5 Å². The van der Waals surface area contributed by atoms with Gasteiger partial charge in [-0.15, -0.1) is 0 Å². The molecule has 1 rings (SSSR count). The van der Waals surface area contributed by atoms with Gasteiger partial charge >= 0.3 is 0 Å². The molecule has 0 aliphatic rings. The second kappa shape index (κ2) is 5.94. The zero-order valence-electron chi connectivity index (χ0n) is 8.40. The van der Waals surface area contributed by atoms with Crippen molar-refractivity contribution in [3.63, 3.8) is 0 Å². The van der Waals surface area contributed by atoms with Gasteiger partial charge in [0.2, 0.25) is 0 Å². The molecule has 0 spiro atoms. The van der Waals surface area contributed by atoms with Gasteiger partial charge in [-0.1, -0.05) is 31.9 Å². The van der Waals surface area contributed by atoms with Crippen LogP contribution in [0.2, 0.25) is 0 Å². The maximum absolute atomic E-state index is 10.7. The highest BCUT2D eigenvalue weighted by atomic mass is 32.2. The van der Waals surface area contributed by atoms with E-state index in [2.05, 4.69) is 6.92 Å². The molecule has 0 saturated carbocycles. The molecule has 3 heteroatoms. The highest BCUT2D eigenvalue weighted by Gasteiger charge is 1.98. The molecule has 0 fully saturated rings. The first-order chi connectivity index (χ1) is 6.74. The highest BCUT2D eigenvalue weighted by molar-refractivity contribution is 7.79. The Labute approximate surface area is 87.6 Å². The van der Waals surface area contributed by atoms with Gasteiger partial charge in [-0.3, -0.25) is 0 Å². The highest BCUT2D eigenvalue weighted by Crippen LogP contribution is 2.10. The maximum Gasteiger partial charge on any atom is 0.186 e. The average Bonchev–Trinajstić information content (AvgIpc) is 2.19. The topological polar surface area (TPSA) is 37.3 Å². The van der Waals surface area contributed by atoms with Crippen LogP contribution in [-0.2, 0) is 17.5 Å². The molecular weight excluding hydrogens is 196 g/mol. The second-order valence-corrected chi connectivity index (χ2v) is 4.32. The third kappa shape index (κ3) is 3.60. The van der Waals surface area contributed by atoms with Crippen LogP contribution in [0.15, 0.2) is 29.2 Å². The van der Waals surface area contributed by atoms with Crippen LogP contribution >= 0.6 is 0 Å². The molecule has 0 amide bonds. The van der Waals surface area contributed by atoms with Gasteiger partial charge in [0.1, 0.15) is 0 Å². The molecule has 0 saturated heterocycles. The van der Waals surface area contributed by atoms with Crippen LogP contribution in [0.25, 0.3) is 0 Å². The summed E-state index contributed by atoms with van der Waals surface area (Å²) < 4.78 is 19.5.